The largest absolute Gasteiger partial charge is 0.374 e. The van der Waals surface area contributed by atoms with Crippen molar-refractivity contribution in [2.45, 2.75) is 31.9 Å². The van der Waals surface area contributed by atoms with Gasteiger partial charge in [-0.25, -0.2) is 0 Å². The number of hydrogen-bond donors (Lipinski definition) is 1. The lowest BCUT2D eigenvalue weighted by atomic mass is 10.0. The standard InChI is InChI=1S/C13H17FN2O3/c1-13(6-3-7-19-13)9-15-8-10-4-2-5-11(12(10)14)16(17)18/h2,4-5,15H,3,6-9H2,1H3. The van der Waals surface area contributed by atoms with Crippen molar-refractivity contribution in [2.75, 3.05) is 13.2 Å². The highest BCUT2D eigenvalue weighted by Crippen LogP contribution is 2.24. The number of nitro groups is 1. The van der Waals surface area contributed by atoms with Crippen molar-refractivity contribution < 1.29 is 14.1 Å². The Labute approximate surface area is 110 Å². The van der Waals surface area contributed by atoms with Gasteiger partial charge in [0.15, 0.2) is 0 Å². The van der Waals surface area contributed by atoms with Crippen LogP contribution < -0.4 is 5.32 Å². The van der Waals surface area contributed by atoms with E-state index in [2.05, 4.69) is 5.32 Å². The van der Waals surface area contributed by atoms with Gasteiger partial charge in [0.1, 0.15) is 0 Å². The molecule has 1 saturated heterocycles. The van der Waals surface area contributed by atoms with Crippen LogP contribution in [-0.4, -0.2) is 23.7 Å². The highest BCUT2D eigenvalue weighted by Gasteiger charge is 2.29. The van der Waals surface area contributed by atoms with Crippen LogP contribution in [0.15, 0.2) is 18.2 Å². The van der Waals surface area contributed by atoms with E-state index >= 15 is 0 Å². The minimum atomic E-state index is -0.766. The summed E-state index contributed by atoms with van der Waals surface area (Å²) in [6.45, 7) is 3.63. The number of hydrogen-bond acceptors (Lipinski definition) is 4. The van der Waals surface area contributed by atoms with Crippen LogP contribution in [0.1, 0.15) is 25.3 Å². The van der Waals surface area contributed by atoms with Gasteiger partial charge in [0, 0.05) is 31.3 Å². The fourth-order valence-corrected chi connectivity index (χ4v) is 2.28. The summed E-state index contributed by atoms with van der Waals surface area (Å²) in [6.07, 6.45) is 2.00. The lowest BCUT2D eigenvalue weighted by molar-refractivity contribution is -0.387. The summed E-state index contributed by atoms with van der Waals surface area (Å²) in [4.78, 5) is 9.92. The number of rotatable bonds is 5. The molecule has 5 nitrogen and oxygen atoms in total. The predicted octanol–water partition coefficient (Wildman–Crippen LogP) is 2.39. The van der Waals surface area contributed by atoms with E-state index in [0.717, 1.165) is 19.4 Å². The third-order valence-corrected chi connectivity index (χ3v) is 3.37. The Kier molecular flexibility index (Phi) is 4.11. The van der Waals surface area contributed by atoms with Gasteiger partial charge >= 0.3 is 5.69 Å². The number of nitro benzene ring substituents is 1. The van der Waals surface area contributed by atoms with Crippen LogP contribution in [0.3, 0.4) is 0 Å². The average Bonchev–Trinajstić information content (AvgIpc) is 2.78. The van der Waals surface area contributed by atoms with E-state index < -0.39 is 16.4 Å². The second-order valence-electron chi connectivity index (χ2n) is 5.01. The zero-order chi connectivity index (χ0) is 13.9. The fraction of sp³-hybridized carbons (Fsp3) is 0.538. The molecule has 1 fully saturated rings. The van der Waals surface area contributed by atoms with Crippen molar-refractivity contribution in [1.29, 1.82) is 0 Å². The van der Waals surface area contributed by atoms with E-state index in [0.29, 0.717) is 12.1 Å². The summed E-state index contributed by atoms with van der Waals surface area (Å²) < 4.78 is 19.4. The first-order valence-electron chi connectivity index (χ1n) is 6.28. The van der Waals surface area contributed by atoms with Crippen LogP contribution in [0, 0.1) is 15.9 Å². The Balaban J connectivity index is 1.96. The summed E-state index contributed by atoms with van der Waals surface area (Å²) in [6, 6.07) is 4.21. The number of ether oxygens (including phenoxy) is 1. The van der Waals surface area contributed by atoms with Crippen LogP contribution in [0.5, 0.6) is 0 Å². The average molecular weight is 268 g/mol. The maximum absolute atomic E-state index is 13.8. The summed E-state index contributed by atoms with van der Waals surface area (Å²) in [5, 5.41) is 13.7. The first-order valence-corrected chi connectivity index (χ1v) is 6.28. The highest BCUT2D eigenvalue weighted by atomic mass is 19.1. The maximum Gasteiger partial charge on any atom is 0.305 e. The predicted molar refractivity (Wildman–Crippen MR) is 68.4 cm³/mol. The molecule has 1 aromatic carbocycles. The first-order chi connectivity index (χ1) is 9.02. The molecule has 1 aliphatic heterocycles. The molecule has 1 atom stereocenters. The van der Waals surface area contributed by atoms with E-state index in [1.807, 2.05) is 6.92 Å². The zero-order valence-corrected chi connectivity index (χ0v) is 10.8. The normalized spacial score (nSPS) is 22.6. The maximum atomic E-state index is 13.8. The molecule has 1 aromatic rings. The summed E-state index contributed by atoms with van der Waals surface area (Å²) in [5.41, 5.74) is -0.393. The Hall–Kier alpha value is -1.53. The van der Waals surface area contributed by atoms with Gasteiger partial charge in [-0.1, -0.05) is 12.1 Å². The van der Waals surface area contributed by atoms with Gasteiger partial charge in [-0.2, -0.15) is 4.39 Å². The Morgan fingerprint density at radius 2 is 2.37 bits per heavy atom. The molecule has 19 heavy (non-hydrogen) atoms. The van der Waals surface area contributed by atoms with Crippen molar-refractivity contribution in [3.63, 3.8) is 0 Å². The molecule has 1 N–H and O–H groups in total. The number of nitrogens with zero attached hydrogens (tertiary/aromatic N) is 1. The van der Waals surface area contributed by atoms with E-state index in [1.54, 1.807) is 6.07 Å². The zero-order valence-electron chi connectivity index (χ0n) is 10.8. The van der Waals surface area contributed by atoms with Gasteiger partial charge < -0.3 is 10.1 Å². The van der Waals surface area contributed by atoms with Crippen LogP contribution in [-0.2, 0) is 11.3 Å². The molecular formula is C13H17FN2O3. The molecule has 0 aliphatic carbocycles. The van der Waals surface area contributed by atoms with E-state index in [-0.39, 0.29) is 12.1 Å². The van der Waals surface area contributed by atoms with Gasteiger partial charge in [0.2, 0.25) is 5.82 Å². The van der Waals surface area contributed by atoms with Gasteiger partial charge in [-0.3, -0.25) is 10.1 Å². The molecule has 0 radical (unpaired) electrons. The summed E-state index contributed by atoms with van der Waals surface area (Å²) in [7, 11) is 0. The quantitative estimate of drug-likeness (QED) is 0.658. The molecule has 0 amide bonds. The summed E-state index contributed by atoms with van der Waals surface area (Å²) >= 11 is 0. The smallest absolute Gasteiger partial charge is 0.305 e. The molecule has 0 bridgehead atoms. The SMILES string of the molecule is CC1(CNCc2cccc([N+](=O)[O-])c2F)CCCO1. The van der Waals surface area contributed by atoms with E-state index in [9.17, 15) is 14.5 Å². The molecular weight excluding hydrogens is 251 g/mol. The number of nitrogens with one attached hydrogen (secondary N) is 1. The number of benzene rings is 1. The Bertz CT molecular complexity index is 473. The van der Waals surface area contributed by atoms with Gasteiger partial charge in [-0.15, -0.1) is 0 Å². The van der Waals surface area contributed by atoms with Gasteiger partial charge in [-0.05, 0) is 19.8 Å². The second-order valence-corrected chi connectivity index (χ2v) is 5.01. The molecule has 1 heterocycles. The van der Waals surface area contributed by atoms with Crippen molar-refractivity contribution in [3.8, 4) is 0 Å². The molecule has 1 unspecified atom stereocenters. The lowest BCUT2D eigenvalue weighted by Crippen LogP contribution is -2.36. The van der Waals surface area contributed by atoms with Crippen LogP contribution >= 0.6 is 0 Å². The van der Waals surface area contributed by atoms with Crippen molar-refractivity contribution in [1.82, 2.24) is 5.32 Å². The lowest BCUT2D eigenvalue weighted by Gasteiger charge is -2.23. The Morgan fingerprint density at radius 1 is 1.58 bits per heavy atom. The van der Waals surface area contributed by atoms with Crippen molar-refractivity contribution >= 4 is 5.69 Å². The molecule has 6 heteroatoms. The molecule has 2 rings (SSSR count). The fourth-order valence-electron chi connectivity index (χ4n) is 2.28. The van der Waals surface area contributed by atoms with Gasteiger partial charge in [0.05, 0.1) is 10.5 Å². The summed E-state index contributed by atoms with van der Waals surface area (Å²) in [5.74, 6) is -0.766. The molecule has 0 saturated carbocycles. The molecule has 0 spiro atoms. The van der Waals surface area contributed by atoms with E-state index in [1.165, 1.54) is 12.1 Å². The Morgan fingerprint density at radius 3 is 3.00 bits per heavy atom. The minimum Gasteiger partial charge on any atom is -0.374 e. The molecule has 0 aromatic heterocycles. The molecule has 104 valence electrons. The second kappa shape index (κ2) is 5.63. The van der Waals surface area contributed by atoms with E-state index in [4.69, 9.17) is 4.74 Å². The van der Waals surface area contributed by atoms with Crippen molar-refractivity contribution in [2.24, 2.45) is 0 Å². The van der Waals surface area contributed by atoms with Crippen LogP contribution in [0.4, 0.5) is 10.1 Å². The third-order valence-electron chi connectivity index (χ3n) is 3.37. The van der Waals surface area contributed by atoms with Crippen LogP contribution in [0.2, 0.25) is 0 Å². The monoisotopic (exact) mass is 268 g/mol. The minimum absolute atomic E-state index is 0.211. The third kappa shape index (κ3) is 3.27. The first kappa shape index (κ1) is 13.9. The molecule has 1 aliphatic rings. The van der Waals surface area contributed by atoms with Crippen molar-refractivity contribution in [3.05, 3.63) is 39.7 Å². The van der Waals surface area contributed by atoms with Gasteiger partial charge in [0.25, 0.3) is 0 Å². The number of halogens is 1. The highest BCUT2D eigenvalue weighted by molar-refractivity contribution is 5.36. The van der Waals surface area contributed by atoms with Crippen LogP contribution in [0.25, 0.3) is 0 Å². The topological polar surface area (TPSA) is 64.4 Å².